The number of fused-ring (bicyclic) bond motifs is 2. The zero-order valence-corrected chi connectivity index (χ0v) is 19.2. The summed E-state index contributed by atoms with van der Waals surface area (Å²) in [6.45, 7) is 1.01. The molecule has 1 saturated heterocycles. The summed E-state index contributed by atoms with van der Waals surface area (Å²) in [6.07, 6.45) is 5.81. The summed E-state index contributed by atoms with van der Waals surface area (Å²) < 4.78 is 1.85. The predicted molar refractivity (Wildman–Crippen MR) is 130 cm³/mol. The molecule has 0 saturated carbocycles. The van der Waals surface area contributed by atoms with E-state index in [-0.39, 0.29) is 24.0 Å². The molecule has 4 aromatic rings. The number of benzene rings is 2. The van der Waals surface area contributed by atoms with E-state index in [0.717, 1.165) is 26.9 Å². The lowest BCUT2D eigenvalue weighted by Gasteiger charge is -2.27. The Hall–Kier alpha value is -4.73. The van der Waals surface area contributed by atoms with Crippen LogP contribution in [0.5, 0.6) is 0 Å². The third kappa shape index (κ3) is 3.63. The monoisotopic (exact) mass is 482 g/mol. The minimum atomic E-state index is -0.995. The number of imide groups is 2. The normalized spacial score (nSPS) is 17.6. The Kier molecular flexibility index (Phi) is 5.14. The summed E-state index contributed by atoms with van der Waals surface area (Å²) in [6, 6.07) is 12.2. The summed E-state index contributed by atoms with van der Waals surface area (Å²) in [4.78, 5) is 54.2. The van der Waals surface area contributed by atoms with Crippen LogP contribution in [-0.2, 0) is 22.7 Å². The van der Waals surface area contributed by atoms with Crippen LogP contribution in [0.1, 0.15) is 44.7 Å². The molecule has 6 rings (SSSR count). The van der Waals surface area contributed by atoms with Crippen molar-refractivity contribution in [3.05, 3.63) is 83.3 Å². The Balaban J connectivity index is 1.18. The molecule has 1 fully saturated rings. The fourth-order valence-corrected chi connectivity index (χ4v) is 4.91. The number of hydrogen-bond donors (Lipinski definition) is 3. The molecule has 4 amide bonds. The molecule has 2 aromatic carbocycles. The van der Waals surface area contributed by atoms with Crippen molar-refractivity contribution in [3.8, 4) is 0 Å². The van der Waals surface area contributed by atoms with Crippen LogP contribution in [0.2, 0.25) is 0 Å². The summed E-state index contributed by atoms with van der Waals surface area (Å²) in [5.41, 5.74) is 4.11. The number of nitrogens with zero attached hydrogens (tertiary/aromatic N) is 3. The Bertz CT molecular complexity index is 1550. The van der Waals surface area contributed by atoms with Crippen LogP contribution in [-0.4, -0.2) is 49.3 Å². The Morgan fingerprint density at radius 1 is 1.03 bits per heavy atom. The van der Waals surface area contributed by atoms with Gasteiger partial charge >= 0.3 is 0 Å². The number of H-pyrrole nitrogens is 1. The molecular formula is C26H22N6O4. The fraction of sp³-hybridized carbons (Fsp3) is 0.192. The second kappa shape index (κ2) is 8.49. The van der Waals surface area contributed by atoms with Crippen LogP contribution in [0, 0.1) is 0 Å². The third-order valence-electron chi connectivity index (χ3n) is 6.66. The topological polar surface area (TPSA) is 129 Å². The molecule has 0 aliphatic carbocycles. The number of piperidine rings is 1. The Morgan fingerprint density at radius 3 is 2.75 bits per heavy atom. The number of anilines is 1. The highest BCUT2D eigenvalue weighted by Gasteiger charge is 2.45. The SMILES string of the molecule is O=C1CCC(N2C(=O)c3cccc(NCc4cnn(Cc5cccc6[nH]ccc56)c4)c3C2=O)C(=O)N1. The molecule has 0 spiro atoms. The van der Waals surface area contributed by atoms with Crippen LogP contribution < -0.4 is 10.6 Å². The standard InChI is InChI=1S/C26H22N6O4/c33-22-8-7-21(24(34)30-22)32-25(35)18-4-2-6-20(23(18)26(32)36)28-11-15-12-29-31(13-15)14-16-3-1-5-19-17(16)9-10-27-19/h1-6,9-10,12-13,21,27-28H,7-8,11,14H2,(H,30,33,34). The first-order valence-electron chi connectivity index (χ1n) is 11.6. The minimum Gasteiger partial charge on any atom is -0.380 e. The third-order valence-corrected chi connectivity index (χ3v) is 6.66. The van der Waals surface area contributed by atoms with Crippen molar-refractivity contribution in [1.29, 1.82) is 0 Å². The minimum absolute atomic E-state index is 0.0808. The molecule has 4 heterocycles. The first-order valence-corrected chi connectivity index (χ1v) is 11.6. The summed E-state index contributed by atoms with van der Waals surface area (Å²) in [5.74, 6) is -2.10. The van der Waals surface area contributed by atoms with E-state index in [2.05, 4.69) is 26.8 Å². The van der Waals surface area contributed by atoms with Gasteiger partial charge < -0.3 is 10.3 Å². The van der Waals surface area contributed by atoms with Crippen LogP contribution in [0.25, 0.3) is 10.9 Å². The number of carbonyl (C=O) groups is 4. The van der Waals surface area contributed by atoms with Crippen molar-refractivity contribution in [2.75, 3.05) is 5.32 Å². The van der Waals surface area contributed by atoms with E-state index < -0.39 is 29.7 Å². The largest absolute Gasteiger partial charge is 0.380 e. The van der Waals surface area contributed by atoms with Crippen LogP contribution >= 0.6 is 0 Å². The summed E-state index contributed by atoms with van der Waals surface area (Å²) in [5, 5.41) is 11.1. The molecule has 3 N–H and O–H groups in total. The number of nitrogens with one attached hydrogen (secondary N) is 3. The highest BCUT2D eigenvalue weighted by atomic mass is 16.2. The lowest BCUT2D eigenvalue weighted by molar-refractivity contribution is -0.136. The van der Waals surface area contributed by atoms with Gasteiger partial charge in [-0.3, -0.25) is 34.1 Å². The number of hydrogen-bond acceptors (Lipinski definition) is 6. The van der Waals surface area contributed by atoms with E-state index in [4.69, 9.17) is 0 Å². The second-order valence-electron chi connectivity index (χ2n) is 8.93. The van der Waals surface area contributed by atoms with Gasteiger partial charge in [0.2, 0.25) is 11.8 Å². The van der Waals surface area contributed by atoms with Gasteiger partial charge in [-0.15, -0.1) is 0 Å². The van der Waals surface area contributed by atoms with Gasteiger partial charge in [-0.05, 0) is 36.2 Å². The van der Waals surface area contributed by atoms with E-state index >= 15 is 0 Å². The lowest BCUT2D eigenvalue weighted by atomic mass is 10.0. The molecule has 36 heavy (non-hydrogen) atoms. The molecule has 10 heteroatoms. The van der Waals surface area contributed by atoms with Gasteiger partial charge in [0.15, 0.2) is 0 Å². The van der Waals surface area contributed by atoms with Crippen molar-refractivity contribution >= 4 is 40.2 Å². The molecule has 0 radical (unpaired) electrons. The van der Waals surface area contributed by atoms with Crippen molar-refractivity contribution in [3.63, 3.8) is 0 Å². The maximum atomic E-state index is 13.2. The van der Waals surface area contributed by atoms with E-state index in [1.807, 2.05) is 35.3 Å². The molecule has 1 atom stereocenters. The van der Waals surface area contributed by atoms with Gasteiger partial charge in [-0.2, -0.15) is 5.10 Å². The number of rotatable bonds is 6. The lowest BCUT2D eigenvalue weighted by Crippen LogP contribution is -2.54. The summed E-state index contributed by atoms with van der Waals surface area (Å²) in [7, 11) is 0. The summed E-state index contributed by atoms with van der Waals surface area (Å²) >= 11 is 0. The number of amides is 4. The van der Waals surface area contributed by atoms with Crippen molar-refractivity contribution < 1.29 is 19.2 Å². The second-order valence-corrected chi connectivity index (χ2v) is 8.93. The molecule has 180 valence electrons. The Labute approximate surface area is 205 Å². The highest BCUT2D eigenvalue weighted by Crippen LogP contribution is 2.32. The molecular weight excluding hydrogens is 460 g/mol. The molecule has 2 aromatic heterocycles. The molecule has 0 bridgehead atoms. The Morgan fingerprint density at radius 2 is 1.89 bits per heavy atom. The zero-order chi connectivity index (χ0) is 24.8. The maximum Gasteiger partial charge on any atom is 0.264 e. The smallest absolute Gasteiger partial charge is 0.264 e. The van der Waals surface area contributed by atoms with E-state index in [1.54, 1.807) is 24.4 Å². The first-order chi connectivity index (χ1) is 17.5. The van der Waals surface area contributed by atoms with Gasteiger partial charge in [0.25, 0.3) is 11.8 Å². The van der Waals surface area contributed by atoms with E-state index in [1.165, 1.54) is 0 Å². The predicted octanol–water partition coefficient (Wildman–Crippen LogP) is 2.43. The van der Waals surface area contributed by atoms with E-state index in [0.29, 0.717) is 18.8 Å². The average molecular weight is 483 g/mol. The first kappa shape index (κ1) is 21.8. The fourth-order valence-electron chi connectivity index (χ4n) is 4.91. The maximum absolute atomic E-state index is 13.2. The number of aromatic nitrogens is 3. The molecule has 10 nitrogen and oxygen atoms in total. The highest BCUT2D eigenvalue weighted by molar-refractivity contribution is 6.25. The van der Waals surface area contributed by atoms with Gasteiger partial charge in [-0.1, -0.05) is 18.2 Å². The molecule has 1 unspecified atom stereocenters. The van der Waals surface area contributed by atoms with Crippen LogP contribution in [0.4, 0.5) is 5.69 Å². The van der Waals surface area contributed by atoms with Gasteiger partial charge in [-0.25, -0.2) is 0 Å². The van der Waals surface area contributed by atoms with Gasteiger partial charge in [0.05, 0.1) is 23.9 Å². The van der Waals surface area contributed by atoms with Gasteiger partial charge in [0, 0.05) is 47.5 Å². The van der Waals surface area contributed by atoms with Gasteiger partial charge in [0.1, 0.15) is 6.04 Å². The van der Waals surface area contributed by atoms with E-state index in [9.17, 15) is 19.2 Å². The van der Waals surface area contributed by atoms with Crippen molar-refractivity contribution in [2.45, 2.75) is 32.0 Å². The average Bonchev–Trinajstić information content (AvgIpc) is 3.58. The van der Waals surface area contributed by atoms with Crippen molar-refractivity contribution in [1.82, 2.24) is 25.0 Å². The molecule has 2 aliphatic heterocycles. The van der Waals surface area contributed by atoms with Crippen LogP contribution in [0.15, 0.2) is 61.1 Å². The zero-order valence-electron chi connectivity index (χ0n) is 19.2. The number of aromatic amines is 1. The molecule has 2 aliphatic rings. The van der Waals surface area contributed by atoms with Crippen molar-refractivity contribution in [2.24, 2.45) is 0 Å². The van der Waals surface area contributed by atoms with Crippen LogP contribution in [0.3, 0.4) is 0 Å². The quantitative estimate of drug-likeness (QED) is 0.362. The number of carbonyl (C=O) groups excluding carboxylic acids is 4.